The fourth-order valence-electron chi connectivity index (χ4n) is 5.42. The average Bonchev–Trinajstić information content (AvgIpc) is 3.38. The molecule has 10 heteroatoms. The average molecular weight is 568 g/mol. The molecular weight excluding hydrogens is 538 g/mol. The van der Waals surface area contributed by atoms with E-state index in [0.29, 0.717) is 36.6 Å². The van der Waals surface area contributed by atoms with E-state index in [-0.39, 0.29) is 11.7 Å². The fourth-order valence-corrected chi connectivity index (χ4v) is 5.42. The highest BCUT2D eigenvalue weighted by molar-refractivity contribution is 6.03. The van der Waals surface area contributed by atoms with Crippen LogP contribution in [0.5, 0.6) is 0 Å². The number of alkyl halides is 3. The van der Waals surface area contributed by atoms with Gasteiger partial charge in [0.05, 0.1) is 17.9 Å². The van der Waals surface area contributed by atoms with Crippen LogP contribution in [0.2, 0.25) is 0 Å². The molecule has 214 valence electrons. The number of benzene rings is 2. The Morgan fingerprint density at radius 2 is 1.68 bits per heavy atom. The normalized spacial score (nSPS) is 17.4. The highest BCUT2D eigenvalue weighted by atomic mass is 19.4. The minimum atomic E-state index is -4.84. The Bertz CT molecular complexity index is 1560. The van der Waals surface area contributed by atoms with Crippen LogP contribution in [0.25, 0.3) is 16.8 Å². The van der Waals surface area contributed by atoms with E-state index in [1.165, 1.54) is 11.8 Å². The van der Waals surface area contributed by atoms with E-state index in [1.54, 1.807) is 16.7 Å². The maximum Gasteiger partial charge on any atom is 0.418 e. The van der Waals surface area contributed by atoms with Gasteiger partial charge in [0.1, 0.15) is 17.2 Å². The zero-order valence-electron chi connectivity index (χ0n) is 22.4. The zero-order chi connectivity index (χ0) is 29.1. The molecule has 1 N–H and O–H groups in total. The van der Waals surface area contributed by atoms with Crippen LogP contribution in [0, 0.1) is 11.7 Å². The third kappa shape index (κ3) is 6.58. The number of pyridine rings is 1. The van der Waals surface area contributed by atoms with Crippen molar-refractivity contribution < 1.29 is 31.9 Å². The first-order chi connectivity index (χ1) is 19.6. The number of hydrogen-bond acceptors (Lipinski definition) is 4. The summed E-state index contributed by atoms with van der Waals surface area (Å²) in [7, 11) is 0. The molecule has 1 saturated carbocycles. The number of carbonyl (C=O) groups is 2. The number of hydrogen-bond donors (Lipinski definition) is 1. The van der Waals surface area contributed by atoms with E-state index in [2.05, 4.69) is 22.4 Å². The summed E-state index contributed by atoms with van der Waals surface area (Å²) in [6, 6.07) is 14.0. The second kappa shape index (κ2) is 11.7. The number of esters is 1. The largest absolute Gasteiger partial charge is 0.466 e. The van der Waals surface area contributed by atoms with E-state index in [4.69, 9.17) is 4.74 Å². The van der Waals surface area contributed by atoms with Gasteiger partial charge in [-0.3, -0.25) is 9.59 Å². The number of aromatic nitrogens is 2. The van der Waals surface area contributed by atoms with Gasteiger partial charge in [-0.15, -0.1) is 0 Å². The van der Waals surface area contributed by atoms with Crippen LogP contribution in [0.4, 0.5) is 23.2 Å². The number of nitrogens with one attached hydrogen (secondary N) is 1. The summed E-state index contributed by atoms with van der Waals surface area (Å²) < 4.78 is 60.1. The number of anilines is 1. The van der Waals surface area contributed by atoms with Gasteiger partial charge in [-0.05, 0) is 91.5 Å². The minimum Gasteiger partial charge on any atom is -0.466 e. The molecule has 0 aliphatic heterocycles. The Labute approximate surface area is 234 Å². The lowest BCUT2D eigenvalue weighted by atomic mass is 9.77. The van der Waals surface area contributed by atoms with Gasteiger partial charge in [-0.2, -0.15) is 13.2 Å². The molecule has 1 amide bonds. The van der Waals surface area contributed by atoms with Crippen molar-refractivity contribution in [2.45, 2.75) is 51.1 Å². The molecule has 0 atom stereocenters. The van der Waals surface area contributed by atoms with Crippen LogP contribution < -0.4 is 5.32 Å². The van der Waals surface area contributed by atoms with Crippen molar-refractivity contribution >= 4 is 23.2 Å². The molecule has 0 spiro atoms. The van der Waals surface area contributed by atoms with Gasteiger partial charge in [0.25, 0.3) is 5.91 Å². The second-order valence-corrected chi connectivity index (χ2v) is 10.3. The van der Waals surface area contributed by atoms with Crippen LogP contribution >= 0.6 is 0 Å². The number of amides is 1. The van der Waals surface area contributed by atoms with Crippen molar-refractivity contribution in [3.8, 4) is 11.1 Å². The van der Waals surface area contributed by atoms with Crippen molar-refractivity contribution in [3.63, 3.8) is 0 Å². The standard InChI is InChI=1S/C31H29F4N3O3/c1-2-41-29(39)15-19-3-5-20(6-4-19)21-7-9-22(10-8-21)23-11-14-28-36-27(18-38(28)17-23)30(40)37-26-13-12-24(32)16-25(26)31(33,34)35/h7-14,16-20H,2-6,15H2,1H3,(H,37,40). The van der Waals surface area contributed by atoms with Gasteiger partial charge in [-0.25, -0.2) is 9.37 Å². The summed E-state index contributed by atoms with van der Waals surface area (Å²) in [6.45, 7) is 2.23. The van der Waals surface area contributed by atoms with Gasteiger partial charge in [0, 0.05) is 18.8 Å². The molecule has 6 nitrogen and oxygen atoms in total. The first-order valence-corrected chi connectivity index (χ1v) is 13.5. The molecule has 5 rings (SSSR count). The van der Waals surface area contributed by atoms with Crippen molar-refractivity contribution in [2.24, 2.45) is 5.92 Å². The van der Waals surface area contributed by atoms with Crippen LogP contribution in [-0.4, -0.2) is 27.9 Å². The molecule has 2 aromatic heterocycles. The molecule has 4 aromatic rings. The fraction of sp³-hybridized carbons (Fsp3) is 0.323. The minimum absolute atomic E-state index is 0.0755. The van der Waals surface area contributed by atoms with E-state index >= 15 is 0 Å². The van der Waals surface area contributed by atoms with Crippen molar-refractivity contribution in [1.82, 2.24) is 9.38 Å². The number of rotatable bonds is 7. The monoisotopic (exact) mass is 567 g/mol. The third-order valence-corrected chi connectivity index (χ3v) is 7.54. The summed E-state index contributed by atoms with van der Waals surface area (Å²) in [4.78, 5) is 28.7. The van der Waals surface area contributed by atoms with Gasteiger partial charge in [-0.1, -0.05) is 24.3 Å². The van der Waals surface area contributed by atoms with E-state index in [1.807, 2.05) is 25.1 Å². The van der Waals surface area contributed by atoms with Crippen molar-refractivity contribution in [2.75, 3.05) is 11.9 Å². The molecule has 41 heavy (non-hydrogen) atoms. The zero-order valence-corrected chi connectivity index (χ0v) is 22.4. The molecule has 0 radical (unpaired) electrons. The molecule has 0 bridgehead atoms. The maximum atomic E-state index is 13.4. The number of nitrogens with zero attached hydrogens (tertiary/aromatic N) is 2. The topological polar surface area (TPSA) is 72.7 Å². The van der Waals surface area contributed by atoms with E-state index in [0.717, 1.165) is 48.9 Å². The number of halogens is 4. The van der Waals surface area contributed by atoms with Crippen LogP contribution in [0.15, 0.2) is 67.0 Å². The van der Waals surface area contributed by atoms with Crippen LogP contribution in [-0.2, 0) is 15.7 Å². The number of fused-ring (bicyclic) bond motifs is 1. The Kier molecular flexibility index (Phi) is 8.10. The summed E-state index contributed by atoms with van der Waals surface area (Å²) in [6.07, 6.45) is 2.93. The molecule has 2 aromatic carbocycles. The van der Waals surface area contributed by atoms with Crippen LogP contribution in [0.1, 0.15) is 66.6 Å². The Hall–Kier alpha value is -4.21. The lowest BCUT2D eigenvalue weighted by Gasteiger charge is -2.28. The molecule has 1 aliphatic carbocycles. The lowest BCUT2D eigenvalue weighted by molar-refractivity contribution is -0.144. The van der Waals surface area contributed by atoms with Gasteiger partial charge >= 0.3 is 12.1 Å². The van der Waals surface area contributed by atoms with Crippen molar-refractivity contribution in [1.29, 1.82) is 0 Å². The summed E-state index contributed by atoms with van der Waals surface area (Å²) in [5.74, 6) is -1.19. The van der Waals surface area contributed by atoms with Gasteiger partial charge < -0.3 is 14.5 Å². The number of ether oxygens (including phenoxy) is 1. The maximum absolute atomic E-state index is 13.4. The number of imidazole rings is 1. The first kappa shape index (κ1) is 28.3. The highest BCUT2D eigenvalue weighted by Crippen LogP contribution is 2.38. The summed E-state index contributed by atoms with van der Waals surface area (Å²) >= 11 is 0. The molecular formula is C31H29F4N3O3. The second-order valence-electron chi connectivity index (χ2n) is 10.3. The molecule has 2 heterocycles. The van der Waals surface area contributed by atoms with E-state index in [9.17, 15) is 27.2 Å². The third-order valence-electron chi connectivity index (χ3n) is 7.54. The first-order valence-electron chi connectivity index (χ1n) is 13.5. The van der Waals surface area contributed by atoms with Gasteiger partial charge in [0.15, 0.2) is 0 Å². The van der Waals surface area contributed by atoms with Crippen LogP contribution in [0.3, 0.4) is 0 Å². The van der Waals surface area contributed by atoms with Gasteiger partial charge in [0.2, 0.25) is 0 Å². The molecule has 1 aliphatic rings. The predicted octanol–water partition coefficient (Wildman–Crippen LogP) is 7.64. The van der Waals surface area contributed by atoms with Crippen molar-refractivity contribution in [3.05, 3.63) is 89.6 Å². The molecule has 0 unspecified atom stereocenters. The summed E-state index contributed by atoms with van der Waals surface area (Å²) in [5.41, 5.74) is 1.65. The molecule has 0 saturated heterocycles. The number of carbonyl (C=O) groups excluding carboxylic acids is 2. The predicted molar refractivity (Wildman–Crippen MR) is 146 cm³/mol. The smallest absolute Gasteiger partial charge is 0.418 e. The Balaban J connectivity index is 1.26. The quantitative estimate of drug-likeness (QED) is 0.184. The Morgan fingerprint density at radius 1 is 0.976 bits per heavy atom. The summed E-state index contributed by atoms with van der Waals surface area (Å²) in [5, 5.41) is 2.20. The van der Waals surface area contributed by atoms with E-state index < -0.39 is 29.2 Å². The SMILES string of the molecule is CCOC(=O)CC1CCC(c2ccc(-c3ccc4nc(C(=O)Nc5ccc(F)cc5C(F)(F)F)cn4c3)cc2)CC1. The highest BCUT2D eigenvalue weighted by Gasteiger charge is 2.34. The Morgan fingerprint density at radius 3 is 2.37 bits per heavy atom. The molecule has 1 fully saturated rings. The lowest BCUT2D eigenvalue weighted by Crippen LogP contribution is -2.17.